The molecule has 3 N–H and O–H groups in total. The Labute approximate surface area is 213 Å². The largest absolute Gasteiger partial charge is 0.393 e. The highest BCUT2D eigenvalue weighted by molar-refractivity contribution is 5.14. The Morgan fingerprint density at radius 3 is 2.09 bits per heavy atom. The highest BCUT2D eigenvalue weighted by Crippen LogP contribution is 2.66. The fraction of sp³-hybridized carbons (Fsp3) is 1.00. The van der Waals surface area contributed by atoms with Gasteiger partial charge in [0.05, 0.1) is 18.3 Å². The SMILES string of the molecule is CN1CCN([C@H]2C[C@H]3[C@@H]4CC[C@H]5C[C@H](O)[C@@H](N6CCC(O)CC6)C[C@]5(C)[C@H]4CC[C@]3(C)[C@H]2O)CC1. The van der Waals surface area contributed by atoms with Crippen molar-refractivity contribution in [3.63, 3.8) is 0 Å². The molecule has 35 heavy (non-hydrogen) atoms. The van der Waals surface area contributed by atoms with Crippen LogP contribution in [0.1, 0.15) is 71.6 Å². The van der Waals surface area contributed by atoms with Gasteiger partial charge in [-0.1, -0.05) is 13.8 Å². The van der Waals surface area contributed by atoms with Gasteiger partial charge in [0.25, 0.3) is 0 Å². The van der Waals surface area contributed by atoms with Crippen LogP contribution in [-0.2, 0) is 0 Å². The summed E-state index contributed by atoms with van der Waals surface area (Å²) >= 11 is 0. The summed E-state index contributed by atoms with van der Waals surface area (Å²) in [6.45, 7) is 11.3. The van der Waals surface area contributed by atoms with Crippen LogP contribution >= 0.6 is 0 Å². The molecule has 0 amide bonds. The second-order valence-corrected chi connectivity index (χ2v) is 14.1. The van der Waals surface area contributed by atoms with E-state index in [4.69, 9.17) is 0 Å². The zero-order valence-electron chi connectivity index (χ0n) is 22.5. The van der Waals surface area contributed by atoms with Gasteiger partial charge in [-0.05, 0) is 99.3 Å². The summed E-state index contributed by atoms with van der Waals surface area (Å²) in [7, 11) is 2.22. The molecule has 6 aliphatic rings. The number of piperazine rings is 1. The van der Waals surface area contributed by atoms with E-state index in [1.54, 1.807) is 0 Å². The Morgan fingerprint density at radius 1 is 0.686 bits per heavy atom. The van der Waals surface area contributed by atoms with Gasteiger partial charge in [0.1, 0.15) is 0 Å². The molecule has 0 aromatic heterocycles. The fourth-order valence-corrected chi connectivity index (χ4v) is 10.4. The summed E-state index contributed by atoms with van der Waals surface area (Å²) in [4.78, 5) is 7.55. The first-order valence-electron chi connectivity index (χ1n) is 14.9. The van der Waals surface area contributed by atoms with E-state index in [1.165, 1.54) is 25.7 Å². The van der Waals surface area contributed by atoms with Gasteiger partial charge in [0.15, 0.2) is 0 Å². The van der Waals surface area contributed by atoms with Crippen molar-refractivity contribution in [2.75, 3.05) is 46.3 Å². The van der Waals surface area contributed by atoms with E-state index in [9.17, 15) is 15.3 Å². The number of piperidine rings is 1. The highest BCUT2D eigenvalue weighted by atomic mass is 16.3. The van der Waals surface area contributed by atoms with E-state index in [-0.39, 0.29) is 29.8 Å². The topological polar surface area (TPSA) is 70.4 Å². The standard InChI is InChI=1S/C29H51N3O3/c1-28-9-6-22-21(23(28)17-24(27(28)35)32-14-12-30(3)13-15-32)5-4-19-16-26(34)25(18-29(19,22)2)31-10-7-20(33)8-11-31/h19-27,33-35H,4-18H2,1-3H3/t19-,21+,22-,23-,24-,25-,26-,27-,28-,29-/m0/s1. The number of rotatable bonds is 2. The molecule has 2 aliphatic heterocycles. The molecule has 2 saturated heterocycles. The number of likely N-dealkylation sites (tertiary alicyclic amines) is 1. The molecule has 0 bridgehead atoms. The molecule has 0 spiro atoms. The predicted molar refractivity (Wildman–Crippen MR) is 138 cm³/mol. The number of hydrogen-bond donors (Lipinski definition) is 3. The predicted octanol–water partition coefficient (Wildman–Crippen LogP) is 2.41. The van der Waals surface area contributed by atoms with Crippen LogP contribution in [0, 0.1) is 34.5 Å². The van der Waals surface area contributed by atoms with Gasteiger partial charge in [-0.3, -0.25) is 9.80 Å². The minimum Gasteiger partial charge on any atom is -0.393 e. The van der Waals surface area contributed by atoms with Crippen molar-refractivity contribution in [1.29, 1.82) is 0 Å². The Hall–Kier alpha value is -0.240. The minimum absolute atomic E-state index is 0.0645. The lowest BCUT2D eigenvalue weighted by molar-refractivity contribution is -0.156. The van der Waals surface area contributed by atoms with Crippen molar-refractivity contribution in [2.24, 2.45) is 34.5 Å². The van der Waals surface area contributed by atoms with Crippen LogP contribution in [-0.4, -0.2) is 107 Å². The van der Waals surface area contributed by atoms with Crippen molar-refractivity contribution in [3.05, 3.63) is 0 Å². The molecule has 0 aromatic carbocycles. The number of aliphatic hydroxyl groups is 3. The summed E-state index contributed by atoms with van der Waals surface area (Å²) in [6, 6.07) is 0.590. The molecule has 2 heterocycles. The Kier molecular flexibility index (Phi) is 6.59. The minimum atomic E-state index is -0.219. The van der Waals surface area contributed by atoms with Crippen molar-refractivity contribution < 1.29 is 15.3 Å². The van der Waals surface area contributed by atoms with E-state index >= 15 is 0 Å². The molecule has 4 aliphatic carbocycles. The Bertz CT molecular complexity index is 766. The average molecular weight is 490 g/mol. The smallest absolute Gasteiger partial charge is 0.0751 e. The van der Waals surface area contributed by atoms with Crippen LogP contribution in [0.3, 0.4) is 0 Å². The van der Waals surface area contributed by atoms with Gasteiger partial charge < -0.3 is 20.2 Å². The fourth-order valence-electron chi connectivity index (χ4n) is 10.4. The number of aliphatic hydroxyl groups excluding tert-OH is 3. The van der Waals surface area contributed by atoms with E-state index in [1.807, 2.05) is 0 Å². The molecular formula is C29H51N3O3. The van der Waals surface area contributed by atoms with E-state index in [0.717, 1.165) is 83.2 Å². The van der Waals surface area contributed by atoms with Crippen LogP contribution in [0.15, 0.2) is 0 Å². The number of likely N-dealkylation sites (N-methyl/N-ethyl adjacent to an activating group) is 1. The molecule has 200 valence electrons. The maximum atomic E-state index is 11.7. The van der Waals surface area contributed by atoms with Crippen LogP contribution < -0.4 is 0 Å². The lowest BCUT2D eigenvalue weighted by atomic mass is 9.44. The summed E-state index contributed by atoms with van der Waals surface area (Å²) < 4.78 is 0. The quantitative estimate of drug-likeness (QED) is 0.554. The third kappa shape index (κ3) is 4.04. The van der Waals surface area contributed by atoms with E-state index in [0.29, 0.717) is 23.3 Å². The van der Waals surface area contributed by atoms with Gasteiger partial charge in [-0.25, -0.2) is 0 Å². The maximum Gasteiger partial charge on any atom is 0.0751 e. The van der Waals surface area contributed by atoms with Crippen molar-refractivity contribution in [1.82, 2.24) is 14.7 Å². The Morgan fingerprint density at radius 2 is 1.37 bits per heavy atom. The number of nitrogens with zero attached hydrogens (tertiary/aromatic N) is 3. The summed E-state index contributed by atoms with van der Waals surface area (Å²) in [6.07, 6.45) is 9.33. The molecule has 6 rings (SSSR count). The first-order chi connectivity index (χ1) is 16.7. The molecule has 6 heteroatoms. The third-order valence-electron chi connectivity index (χ3n) is 12.6. The first kappa shape index (κ1) is 25.1. The van der Waals surface area contributed by atoms with Crippen LogP contribution in [0.4, 0.5) is 0 Å². The summed E-state index contributed by atoms with van der Waals surface area (Å²) in [5, 5.41) is 32.9. The van der Waals surface area contributed by atoms with Crippen LogP contribution in [0.2, 0.25) is 0 Å². The van der Waals surface area contributed by atoms with Crippen molar-refractivity contribution in [2.45, 2.75) is 102 Å². The van der Waals surface area contributed by atoms with Gasteiger partial charge in [0, 0.05) is 51.4 Å². The monoisotopic (exact) mass is 489 g/mol. The summed E-state index contributed by atoms with van der Waals surface area (Å²) in [5.41, 5.74) is 0.357. The van der Waals surface area contributed by atoms with Crippen molar-refractivity contribution >= 4 is 0 Å². The van der Waals surface area contributed by atoms with Crippen LogP contribution in [0.5, 0.6) is 0 Å². The van der Waals surface area contributed by atoms with E-state index < -0.39 is 0 Å². The van der Waals surface area contributed by atoms with Gasteiger partial charge in [-0.2, -0.15) is 0 Å². The Balaban J connectivity index is 1.21. The molecule has 6 nitrogen and oxygen atoms in total. The van der Waals surface area contributed by atoms with Crippen molar-refractivity contribution in [3.8, 4) is 0 Å². The van der Waals surface area contributed by atoms with Crippen LogP contribution in [0.25, 0.3) is 0 Å². The number of fused-ring (bicyclic) bond motifs is 5. The zero-order chi connectivity index (χ0) is 24.5. The lowest BCUT2D eigenvalue weighted by Gasteiger charge is -2.62. The van der Waals surface area contributed by atoms with Gasteiger partial charge in [0.2, 0.25) is 0 Å². The maximum absolute atomic E-state index is 11.7. The molecule has 6 fully saturated rings. The molecule has 0 aromatic rings. The average Bonchev–Trinajstić information content (AvgIpc) is 3.11. The lowest BCUT2D eigenvalue weighted by Crippen LogP contribution is -2.60. The third-order valence-corrected chi connectivity index (χ3v) is 12.6. The zero-order valence-corrected chi connectivity index (χ0v) is 22.5. The second kappa shape index (κ2) is 9.20. The number of hydrogen-bond acceptors (Lipinski definition) is 6. The second-order valence-electron chi connectivity index (χ2n) is 14.1. The first-order valence-corrected chi connectivity index (χ1v) is 14.9. The van der Waals surface area contributed by atoms with Gasteiger partial charge in [-0.15, -0.1) is 0 Å². The normalized spacial score (nSPS) is 52.6. The molecule has 4 saturated carbocycles. The molecular weight excluding hydrogens is 438 g/mol. The molecule has 0 radical (unpaired) electrons. The summed E-state index contributed by atoms with van der Waals surface area (Å²) in [5.74, 6) is 2.72. The molecule has 10 atom stereocenters. The van der Waals surface area contributed by atoms with Gasteiger partial charge >= 0.3 is 0 Å². The highest BCUT2D eigenvalue weighted by Gasteiger charge is 2.63. The van der Waals surface area contributed by atoms with E-state index in [2.05, 4.69) is 35.6 Å². The molecule has 0 unspecified atom stereocenters.